The summed E-state index contributed by atoms with van der Waals surface area (Å²) in [6.07, 6.45) is 3.41. The summed E-state index contributed by atoms with van der Waals surface area (Å²) in [5.41, 5.74) is 3.79. The summed E-state index contributed by atoms with van der Waals surface area (Å²) < 4.78 is 5.62. The van der Waals surface area contributed by atoms with Crippen molar-refractivity contribution in [3.05, 3.63) is 42.7 Å². The molecule has 0 aliphatic carbocycles. The van der Waals surface area contributed by atoms with Crippen molar-refractivity contribution in [3.63, 3.8) is 0 Å². The highest BCUT2D eigenvalue weighted by molar-refractivity contribution is 6.02. The number of aromatic nitrogens is 3. The Bertz CT molecular complexity index is 845. The molecule has 0 N–H and O–H groups in total. The molecular weight excluding hydrogens is 214 g/mol. The molecule has 0 spiro atoms. The molecule has 4 nitrogen and oxygen atoms in total. The number of hydrogen-bond donors (Lipinski definition) is 0. The first-order valence-electron chi connectivity index (χ1n) is 5.31. The minimum atomic E-state index is 0.562. The predicted molar refractivity (Wildman–Crippen MR) is 64.6 cm³/mol. The molecule has 0 aliphatic rings. The van der Waals surface area contributed by atoms with Crippen molar-refractivity contribution in [2.75, 3.05) is 0 Å². The zero-order chi connectivity index (χ0) is 11.2. The predicted octanol–water partition coefficient (Wildman–Crippen LogP) is 2.92. The summed E-state index contributed by atoms with van der Waals surface area (Å²) in [7, 11) is 0. The van der Waals surface area contributed by atoms with Crippen LogP contribution in [-0.2, 0) is 0 Å². The average molecular weight is 221 g/mol. The summed E-state index contributed by atoms with van der Waals surface area (Å²) in [5.74, 6) is 0. The van der Waals surface area contributed by atoms with Crippen molar-refractivity contribution >= 4 is 33.2 Å². The fourth-order valence-corrected chi connectivity index (χ4v) is 1.99. The number of fused-ring (bicyclic) bond motifs is 4. The second kappa shape index (κ2) is 3.01. The molecule has 0 amide bonds. The van der Waals surface area contributed by atoms with Crippen LogP contribution >= 0.6 is 0 Å². The Kier molecular flexibility index (Phi) is 1.53. The van der Waals surface area contributed by atoms with Crippen LogP contribution in [0.1, 0.15) is 0 Å². The molecule has 0 aliphatic heterocycles. The van der Waals surface area contributed by atoms with Crippen molar-refractivity contribution in [1.82, 2.24) is 15.0 Å². The van der Waals surface area contributed by atoms with Crippen molar-refractivity contribution < 1.29 is 4.42 Å². The normalized spacial score (nSPS) is 11.5. The molecular formula is C13H7N3O. The third-order valence-corrected chi connectivity index (χ3v) is 2.78. The van der Waals surface area contributed by atoms with Gasteiger partial charge in [0.05, 0.1) is 22.6 Å². The van der Waals surface area contributed by atoms with E-state index in [1.54, 1.807) is 12.4 Å². The van der Waals surface area contributed by atoms with E-state index >= 15 is 0 Å². The summed E-state index contributed by atoms with van der Waals surface area (Å²) in [4.78, 5) is 13.1. The number of nitrogens with zero attached hydrogens (tertiary/aromatic N) is 3. The van der Waals surface area contributed by atoms with Gasteiger partial charge in [0.15, 0.2) is 5.58 Å². The van der Waals surface area contributed by atoms with Crippen LogP contribution in [0.15, 0.2) is 47.1 Å². The molecule has 0 bridgehead atoms. The summed E-state index contributed by atoms with van der Waals surface area (Å²) in [6, 6.07) is 9.65. The molecule has 4 heteroatoms. The Morgan fingerprint density at radius 1 is 0.941 bits per heavy atom. The van der Waals surface area contributed by atoms with Gasteiger partial charge in [-0.3, -0.25) is 4.98 Å². The zero-order valence-corrected chi connectivity index (χ0v) is 8.79. The Balaban J connectivity index is 2.28. The van der Waals surface area contributed by atoms with Crippen LogP contribution in [0.5, 0.6) is 0 Å². The lowest BCUT2D eigenvalue weighted by Gasteiger charge is -1.94. The van der Waals surface area contributed by atoms with Crippen LogP contribution in [0.3, 0.4) is 0 Å². The Morgan fingerprint density at radius 3 is 2.65 bits per heavy atom. The summed E-state index contributed by atoms with van der Waals surface area (Å²) >= 11 is 0. The van der Waals surface area contributed by atoms with Gasteiger partial charge in [0.2, 0.25) is 5.71 Å². The van der Waals surface area contributed by atoms with E-state index in [0.717, 1.165) is 27.5 Å². The molecule has 0 fully saturated rings. The van der Waals surface area contributed by atoms with Gasteiger partial charge in [0.1, 0.15) is 5.52 Å². The van der Waals surface area contributed by atoms with Gasteiger partial charge in [-0.25, -0.2) is 9.97 Å². The minimum Gasteiger partial charge on any atom is -0.435 e. The smallest absolute Gasteiger partial charge is 0.246 e. The van der Waals surface area contributed by atoms with Crippen LogP contribution in [0.25, 0.3) is 33.2 Å². The van der Waals surface area contributed by atoms with Gasteiger partial charge in [-0.1, -0.05) is 12.1 Å². The first-order chi connectivity index (χ1) is 8.42. The molecule has 0 radical (unpaired) electrons. The minimum absolute atomic E-state index is 0.562. The number of furan rings is 1. The summed E-state index contributed by atoms with van der Waals surface area (Å²) in [6.45, 7) is 0. The molecule has 0 saturated carbocycles. The number of benzene rings is 1. The van der Waals surface area contributed by atoms with E-state index in [4.69, 9.17) is 4.42 Å². The Labute approximate surface area is 95.9 Å². The molecule has 17 heavy (non-hydrogen) atoms. The first-order valence-corrected chi connectivity index (χ1v) is 5.31. The van der Waals surface area contributed by atoms with E-state index in [1.165, 1.54) is 0 Å². The number of rotatable bonds is 0. The van der Waals surface area contributed by atoms with E-state index in [0.29, 0.717) is 5.71 Å². The second-order valence-corrected chi connectivity index (χ2v) is 3.84. The number of para-hydroxylation sites is 2. The van der Waals surface area contributed by atoms with Gasteiger partial charge in [-0.05, 0) is 18.2 Å². The van der Waals surface area contributed by atoms with Crippen LogP contribution in [-0.4, -0.2) is 15.0 Å². The first kappa shape index (κ1) is 8.64. The monoisotopic (exact) mass is 221 g/mol. The highest BCUT2D eigenvalue weighted by Gasteiger charge is 2.10. The van der Waals surface area contributed by atoms with Gasteiger partial charge >= 0.3 is 0 Å². The molecule has 3 aromatic heterocycles. The van der Waals surface area contributed by atoms with Crippen molar-refractivity contribution in [1.29, 1.82) is 0 Å². The Morgan fingerprint density at radius 2 is 1.76 bits per heavy atom. The third kappa shape index (κ3) is 1.15. The van der Waals surface area contributed by atoms with E-state index in [9.17, 15) is 0 Å². The van der Waals surface area contributed by atoms with Crippen LogP contribution in [0.4, 0.5) is 0 Å². The maximum Gasteiger partial charge on any atom is 0.246 e. The van der Waals surface area contributed by atoms with Gasteiger partial charge in [-0.2, -0.15) is 0 Å². The zero-order valence-electron chi connectivity index (χ0n) is 8.79. The van der Waals surface area contributed by atoms with E-state index in [1.807, 2.05) is 30.3 Å². The maximum absolute atomic E-state index is 5.62. The molecule has 4 rings (SSSR count). The number of pyridine rings is 1. The van der Waals surface area contributed by atoms with E-state index in [-0.39, 0.29) is 0 Å². The summed E-state index contributed by atoms with van der Waals surface area (Å²) in [5, 5.41) is 0.952. The molecule has 0 saturated heterocycles. The second-order valence-electron chi connectivity index (χ2n) is 3.84. The van der Waals surface area contributed by atoms with E-state index in [2.05, 4.69) is 15.0 Å². The lowest BCUT2D eigenvalue weighted by Crippen LogP contribution is -1.83. The standard InChI is InChI=1S/C13H7N3O/c1-2-4-10-9(3-1)15-12-8-5-6-14-7-11(8)17-13(12)16-10/h1-7H. The lowest BCUT2D eigenvalue weighted by atomic mass is 10.2. The highest BCUT2D eigenvalue weighted by Crippen LogP contribution is 2.26. The Hall–Kier alpha value is -2.49. The van der Waals surface area contributed by atoms with Crippen molar-refractivity contribution in [2.45, 2.75) is 0 Å². The van der Waals surface area contributed by atoms with Gasteiger partial charge in [0, 0.05) is 6.20 Å². The fraction of sp³-hybridized carbons (Fsp3) is 0. The molecule has 0 atom stereocenters. The quantitative estimate of drug-likeness (QED) is 0.458. The van der Waals surface area contributed by atoms with Crippen molar-refractivity contribution in [2.24, 2.45) is 0 Å². The molecule has 1 aromatic carbocycles. The largest absolute Gasteiger partial charge is 0.435 e. The SMILES string of the molecule is c1ccc2nc3c(nc2c1)oc1cnccc13. The fourth-order valence-electron chi connectivity index (χ4n) is 1.99. The molecule has 0 unspecified atom stereocenters. The molecule has 4 aromatic rings. The van der Waals surface area contributed by atoms with E-state index < -0.39 is 0 Å². The third-order valence-electron chi connectivity index (χ3n) is 2.78. The van der Waals surface area contributed by atoms with Crippen LogP contribution < -0.4 is 0 Å². The lowest BCUT2D eigenvalue weighted by molar-refractivity contribution is 0.653. The van der Waals surface area contributed by atoms with Crippen molar-refractivity contribution in [3.8, 4) is 0 Å². The van der Waals surface area contributed by atoms with Crippen LogP contribution in [0, 0.1) is 0 Å². The van der Waals surface area contributed by atoms with Crippen LogP contribution in [0.2, 0.25) is 0 Å². The van der Waals surface area contributed by atoms with Gasteiger partial charge in [-0.15, -0.1) is 0 Å². The average Bonchev–Trinajstić information content (AvgIpc) is 2.73. The maximum atomic E-state index is 5.62. The highest BCUT2D eigenvalue weighted by atomic mass is 16.3. The topological polar surface area (TPSA) is 51.8 Å². The van der Waals surface area contributed by atoms with Gasteiger partial charge < -0.3 is 4.42 Å². The molecule has 3 heterocycles. The van der Waals surface area contributed by atoms with Gasteiger partial charge in [0.25, 0.3) is 0 Å². The number of hydrogen-bond acceptors (Lipinski definition) is 4. The molecule has 80 valence electrons.